The highest BCUT2D eigenvalue weighted by Crippen LogP contribution is 2.37. The van der Waals surface area contributed by atoms with E-state index in [1.165, 1.54) is 16.7 Å². The number of nitrogens with two attached hydrogens (primary N) is 1. The van der Waals surface area contributed by atoms with Crippen molar-refractivity contribution in [1.82, 2.24) is 14.8 Å². The first kappa shape index (κ1) is 21.8. The first-order valence-corrected chi connectivity index (χ1v) is 11.2. The van der Waals surface area contributed by atoms with Gasteiger partial charge in [0.25, 0.3) is 0 Å². The molecule has 1 aromatic carbocycles. The van der Waals surface area contributed by atoms with Crippen LogP contribution in [0.25, 0.3) is 0 Å². The third-order valence-electron chi connectivity index (χ3n) is 6.54. The van der Waals surface area contributed by atoms with Crippen molar-refractivity contribution in [2.45, 2.75) is 39.2 Å². The Labute approximate surface area is 188 Å². The predicted octanol–water partition coefficient (Wildman–Crippen LogP) is 2.97. The van der Waals surface area contributed by atoms with E-state index in [0.717, 1.165) is 36.6 Å². The van der Waals surface area contributed by atoms with E-state index >= 15 is 0 Å². The number of pyridine rings is 1. The molecule has 1 fully saturated rings. The first-order valence-electron chi connectivity index (χ1n) is 10.8. The molecule has 1 aliphatic heterocycles. The van der Waals surface area contributed by atoms with Crippen molar-refractivity contribution in [3.63, 3.8) is 0 Å². The van der Waals surface area contributed by atoms with Crippen LogP contribution in [0.4, 0.5) is 0 Å². The zero-order chi connectivity index (χ0) is 22.2. The molecule has 2 heterocycles. The molecule has 6 nitrogen and oxygen atoms in total. The molecule has 31 heavy (non-hydrogen) atoms. The van der Waals surface area contributed by atoms with Crippen LogP contribution in [0, 0.1) is 5.41 Å². The van der Waals surface area contributed by atoms with Crippen molar-refractivity contribution < 1.29 is 9.59 Å². The fourth-order valence-corrected chi connectivity index (χ4v) is 4.75. The summed E-state index contributed by atoms with van der Waals surface area (Å²) in [5, 5.41) is 0.754. The van der Waals surface area contributed by atoms with Gasteiger partial charge in [-0.15, -0.1) is 0 Å². The number of fused-ring (bicyclic) bond motifs is 2. The molecule has 164 valence electrons. The van der Waals surface area contributed by atoms with Gasteiger partial charge in [0.2, 0.25) is 11.8 Å². The quantitative estimate of drug-likeness (QED) is 0.792. The van der Waals surface area contributed by atoms with Crippen LogP contribution in [0.5, 0.6) is 0 Å². The average molecular weight is 441 g/mol. The second kappa shape index (κ2) is 8.60. The molecule has 0 bridgehead atoms. The summed E-state index contributed by atoms with van der Waals surface area (Å²) in [5.41, 5.74) is 9.48. The maximum absolute atomic E-state index is 12.8. The molecular formula is C24H29ClN4O2. The lowest BCUT2D eigenvalue weighted by Gasteiger charge is -2.40. The van der Waals surface area contributed by atoms with E-state index in [-0.39, 0.29) is 18.4 Å². The van der Waals surface area contributed by atoms with Gasteiger partial charge in [0.15, 0.2) is 0 Å². The van der Waals surface area contributed by atoms with Gasteiger partial charge in [0.05, 0.1) is 17.2 Å². The van der Waals surface area contributed by atoms with Crippen LogP contribution in [0.1, 0.15) is 48.7 Å². The standard InChI is InChI=1S/C24H29ClN4O2/c1-24(2,23(26)31)15-20(30)28-10-12-29(13-11-28)22-19-8-7-18(25)14-17(19)6-5-16-4-3-9-27-21(16)22/h3-4,7-9,14,22H,5-6,10-13,15H2,1-2H3,(H2,26,31)/t22-/m0/s1. The largest absolute Gasteiger partial charge is 0.369 e. The molecule has 1 atom stereocenters. The van der Waals surface area contributed by atoms with Crippen molar-refractivity contribution >= 4 is 23.4 Å². The highest BCUT2D eigenvalue weighted by Gasteiger charge is 2.35. The Morgan fingerprint density at radius 1 is 1.13 bits per heavy atom. The molecule has 2 aromatic rings. The summed E-state index contributed by atoms with van der Waals surface area (Å²) in [4.78, 5) is 33.4. The minimum Gasteiger partial charge on any atom is -0.369 e. The third-order valence-corrected chi connectivity index (χ3v) is 6.78. The van der Waals surface area contributed by atoms with Crippen LogP contribution in [0.3, 0.4) is 0 Å². The summed E-state index contributed by atoms with van der Waals surface area (Å²) in [6, 6.07) is 10.4. The first-order chi connectivity index (χ1) is 14.8. The molecule has 0 spiro atoms. The van der Waals surface area contributed by atoms with Crippen LogP contribution in [0.2, 0.25) is 5.02 Å². The van der Waals surface area contributed by atoms with Gasteiger partial charge in [-0.05, 0) is 47.7 Å². The summed E-state index contributed by atoms with van der Waals surface area (Å²) >= 11 is 6.30. The van der Waals surface area contributed by atoms with Gasteiger partial charge in [-0.3, -0.25) is 19.5 Å². The Hall–Kier alpha value is -2.44. The SMILES string of the molecule is CC(C)(CC(=O)N1CCN([C@H]2c3ccc(Cl)cc3CCc3cccnc32)CC1)C(N)=O. The monoisotopic (exact) mass is 440 g/mol. The van der Waals surface area contributed by atoms with Crippen LogP contribution in [-0.2, 0) is 22.4 Å². The van der Waals surface area contributed by atoms with Crippen LogP contribution in [0.15, 0.2) is 36.5 Å². The Kier molecular flexibility index (Phi) is 6.04. The van der Waals surface area contributed by atoms with Gasteiger partial charge in [-0.25, -0.2) is 0 Å². The summed E-state index contributed by atoms with van der Waals surface area (Å²) in [7, 11) is 0. The van der Waals surface area contributed by atoms with Crippen molar-refractivity contribution in [2.75, 3.05) is 26.2 Å². The van der Waals surface area contributed by atoms with E-state index in [9.17, 15) is 9.59 Å². The smallest absolute Gasteiger partial charge is 0.223 e. The van der Waals surface area contributed by atoms with E-state index < -0.39 is 11.3 Å². The number of rotatable bonds is 4. The number of aromatic nitrogens is 1. The number of nitrogens with zero attached hydrogens (tertiary/aromatic N) is 3. The Balaban J connectivity index is 1.56. The Morgan fingerprint density at radius 2 is 1.84 bits per heavy atom. The maximum Gasteiger partial charge on any atom is 0.223 e. The third kappa shape index (κ3) is 4.46. The van der Waals surface area contributed by atoms with Gasteiger partial charge >= 0.3 is 0 Å². The molecule has 0 saturated carbocycles. The summed E-state index contributed by atoms with van der Waals surface area (Å²) < 4.78 is 0. The second-order valence-corrected chi connectivity index (χ2v) is 9.57. The topological polar surface area (TPSA) is 79.5 Å². The van der Waals surface area contributed by atoms with E-state index in [2.05, 4.69) is 23.1 Å². The number of amides is 2. The minimum absolute atomic E-state index is 0.0185. The number of hydrogen-bond acceptors (Lipinski definition) is 4. The zero-order valence-electron chi connectivity index (χ0n) is 18.1. The van der Waals surface area contributed by atoms with E-state index in [4.69, 9.17) is 22.3 Å². The lowest BCUT2D eigenvalue weighted by atomic mass is 9.88. The van der Waals surface area contributed by atoms with Crippen molar-refractivity contribution in [1.29, 1.82) is 0 Å². The molecule has 7 heteroatoms. The molecule has 2 aliphatic rings. The summed E-state index contributed by atoms with van der Waals surface area (Å²) in [5.74, 6) is -0.467. The molecule has 1 aliphatic carbocycles. The minimum atomic E-state index is -0.837. The van der Waals surface area contributed by atoms with Crippen LogP contribution in [-0.4, -0.2) is 52.8 Å². The molecular weight excluding hydrogens is 412 g/mol. The fourth-order valence-electron chi connectivity index (χ4n) is 4.56. The molecule has 4 rings (SSSR count). The molecule has 1 aromatic heterocycles. The zero-order valence-corrected chi connectivity index (χ0v) is 18.9. The van der Waals surface area contributed by atoms with Crippen LogP contribution < -0.4 is 5.73 Å². The number of primary amides is 1. The van der Waals surface area contributed by atoms with E-state index in [1.807, 2.05) is 23.2 Å². The normalized spacial score (nSPS) is 19.3. The summed E-state index contributed by atoms with van der Waals surface area (Å²) in [6.45, 7) is 6.17. The van der Waals surface area contributed by atoms with Gasteiger partial charge in [0, 0.05) is 43.8 Å². The van der Waals surface area contributed by atoms with Crippen LogP contribution >= 0.6 is 11.6 Å². The average Bonchev–Trinajstić information content (AvgIpc) is 2.90. The number of hydrogen-bond donors (Lipinski definition) is 1. The highest BCUT2D eigenvalue weighted by molar-refractivity contribution is 6.30. The Morgan fingerprint density at radius 3 is 2.55 bits per heavy atom. The number of benzene rings is 1. The van der Waals surface area contributed by atoms with Gasteiger partial charge in [0.1, 0.15) is 0 Å². The van der Waals surface area contributed by atoms with Gasteiger partial charge in [-0.2, -0.15) is 0 Å². The maximum atomic E-state index is 12.8. The van der Waals surface area contributed by atoms with Gasteiger partial charge in [-0.1, -0.05) is 37.6 Å². The highest BCUT2D eigenvalue weighted by atomic mass is 35.5. The van der Waals surface area contributed by atoms with Crippen molar-refractivity contribution in [2.24, 2.45) is 11.1 Å². The number of carbonyl (C=O) groups is 2. The second-order valence-electron chi connectivity index (χ2n) is 9.14. The molecule has 2 amide bonds. The van der Waals surface area contributed by atoms with E-state index in [0.29, 0.717) is 13.1 Å². The van der Waals surface area contributed by atoms with Crippen molar-refractivity contribution in [3.05, 3.63) is 63.9 Å². The predicted molar refractivity (Wildman–Crippen MR) is 121 cm³/mol. The molecule has 0 radical (unpaired) electrons. The fraction of sp³-hybridized carbons (Fsp3) is 0.458. The van der Waals surface area contributed by atoms with Crippen molar-refractivity contribution in [3.8, 4) is 0 Å². The number of halogens is 1. The summed E-state index contributed by atoms with van der Waals surface area (Å²) in [6.07, 6.45) is 3.87. The molecule has 0 unspecified atom stereocenters. The lowest BCUT2D eigenvalue weighted by Crippen LogP contribution is -2.51. The molecule has 2 N–H and O–H groups in total. The number of piperazine rings is 1. The van der Waals surface area contributed by atoms with Gasteiger partial charge < -0.3 is 10.6 Å². The van der Waals surface area contributed by atoms with E-state index in [1.54, 1.807) is 13.8 Å². The Bertz CT molecular complexity index is 999. The molecule has 1 saturated heterocycles. The lowest BCUT2D eigenvalue weighted by molar-refractivity contribution is -0.139. The number of carbonyl (C=O) groups excluding carboxylic acids is 2. The number of aryl methyl sites for hydroxylation is 2.